The van der Waals surface area contributed by atoms with E-state index >= 15 is 0 Å². The average Bonchev–Trinajstić information content (AvgIpc) is 2.74. The molecule has 0 radical (unpaired) electrons. The molecule has 1 saturated heterocycles. The summed E-state index contributed by atoms with van der Waals surface area (Å²) in [4.78, 5) is 0. The topological polar surface area (TPSA) is 50.1 Å². The fourth-order valence-corrected chi connectivity index (χ4v) is 2.51. The Hall–Kier alpha value is -0.870. The normalized spacial score (nSPS) is 25.1. The summed E-state index contributed by atoms with van der Waals surface area (Å²) in [5.41, 5.74) is 2.41. The number of nitrogens with one attached hydrogen (secondary N) is 1. The van der Waals surface area contributed by atoms with Crippen molar-refractivity contribution in [3.8, 4) is 0 Å². The van der Waals surface area contributed by atoms with Gasteiger partial charge in [-0.1, -0.05) is 6.92 Å². The van der Waals surface area contributed by atoms with Gasteiger partial charge in [-0.05, 0) is 38.8 Å². The van der Waals surface area contributed by atoms with Crippen molar-refractivity contribution in [3.63, 3.8) is 0 Å². The minimum Gasteiger partial charge on any atom is -0.393 e. The summed E-state index contributed by atoms with van der Waals surface area (Å²) >= 11 is 0. The molecule has 2 unspecified atom stereocenters. The average molecular weight is 237 g/mol. The first-order valence-corrected chi connectivity index (χ1v) is 6.69. The van der Waals surface area contributed by atoms with E-state index in [2.05, 4.69) is 35.0 Å². The molecule has 2 rings (SSSR count). The van der Waals surface area contributed by atoms with Gasteiger partial charge in [0.15, 0.2) is 0 Å². The van der Waals surface area contributed by atoms with E-state index < -0.39 is 0 Å². The second-order valence-electron chi connectivity index (χ2n) is 4.82. The molecule has 1 aromatic rings. The first-order chi connectivity index (χ1) is 8.24. The second-order valence-corrected chi connectivity index (χ2v) is 4.82. The van der Waals surface area contributed by atoms with Crippen molar-refractivity contribution in [2.45, 2.75) is 45.8 Å². The van der Waals surface area contributed by atoms with Crippen molar-refractivity contribution < 1.29 is 5.11 Å². The Kier molecular flexibility index (Phi) is 4.18. The van der Waals surface area contributed by atoms with Crippen LogP contribution in [0.4, 0.5) is 0 Å². The van der Waals surface area contributed by atoms with Gasteiger partial charge in [0.25, 0.3) is 0 Å². The van der Waals surface area contributed by atoms with Gasteiger partial charge in [-0.25, -0.2) is 0 Å². The van der Waals surface area contributed by atoms with E-state index in [-0.39, 0.29) is 6.10 Å². The first kappa shape index (κ1) is 12.6. The maximum atomic E-state index is 9.99. The van der Waals surface area contributed by atoms with E-state index in [0.717, 1.165) is 44.6 Å². The zero-order valence-electron chi connectivity index (χ0n) is 10.8. The van der Waals surface area contributed by atoms with Gasteiger partial charge in [0.1, 0.15) is 0 Å². The van der Waals surface area contributed by atoms with Crippen LogP contribution in [-0.2, 0) is 19.4 Å². The lowest BCUT2D eigenvalue weighted by molar-refractivity contribution is 0.0781. The van der Waals surface area contributed by atoms with Crippen molar-refractivity contribution in [3.05, 3.63) is 17.5 Å². The molecule has 2 heterocycles. The fraction of sp³-hybridized carbons (Fsp3) is 0.769. The van der Waals surface area contributed by atoms with Crippen molar-refractivity contribution in [2.75, 3.05) is 13.1 Å². The number of aliphatic hydroxyl groups excluding tert-OH is 1. The SMILES string of the molecule is CCc1cc(CC2CNCCC2O)n(CC)n1. The van der Waals surface area contributed by atoms with Crippen LogP contribution in [-0.4, -0.2) is 34.1 Å². The molecule has 0 bridgehead atoms. The number of aliphatic hydroxyl groups is 1. The Labute approximate surface area is 103 Å². The third-order valence-electron chi connectivity index (χ3n) is 3.61. The Morgan fingerprint density at radius 3 is 3.00 bits per heavy atom. The molecular formula is C13H23N3O. The summed E-state index contributed by atoms with van der Waals surface area (Å²) in [6, 6.07) is 2.19. The number of nitrogens with zero attached hydrogens (tertiary/aromatic N) is 2. The summed E-state index contributed by atoms with van der Waals surface area (Å²) < 4.78 is 2.07. The van der Waals surface area contributed by atoms with Crippen LogP contribution in [0, 0.1) is 5.92 Å². The Balaban J connectivity index is 2.08. The van der Waals surface area contributed by atoms with Crippen LogP contribution < -0.4 is 5.32 Å². The molecule has 0 aromatic carbocycles. The smallest absolute Gasteiger partial charge is 0.0624 e. The van der Waals surface area contributed by atoms with Gasteiger partial charge in [-0.3, -0.25) is 4.68 Å². The molecule has 1 aliphatic heterocycles. The van der Waals surface area contributed by atoms with Crippen LogP contribution in [0.2, 0.25) is 0 Å². The predicted octanol–water partition coefficient (Wildman–Crippen LogP) is 0.978. The Bertz CT molecular complexity index is 362. The van der Waals surface area contributed by atoms with Gasteiger partial charge in [0.2, 0.25) is 0 Å². The molecule has 1 aromatic heterocycles. The highest BCUT2D eigenvalue weighted by molar-refractivity contribution is 5.12. The molecule has 0 spiro atoms. The van der Waals surface area contributed by atoms with Crippen molar-refractivity contribution in [1.29, 1.82) is 0 Å². The van der Waals surface area contributed by atoms with E-state index in [4.69, 9.17) is 0 Å². The lowest BCUT2D eigenvalue weighted by Gasteiger charge is -2.28. The summed E-state index contributed by atoms with van der Waals surface area (Å²) in [5.74, 6) is 0.329. The molecule has 0 aliphatic carbocycles. The van der Waals surface area contributed by atoms with Crippen LogP contribution in [0.15, 0.2) is 6.07 Å². The van der Waals surface area contributed by atoms with Gasteiger partial charge >= 0.3 is 0 Å². The molecule has 96 valence electrons. The van der Waals surface area contributed by atoms with E-state index in [1.54, 1.807) is 0 Å². The quantitative estimate of drug-likeness (QED) is 0.820. The molecule has 0 amide bonds. The molecule has 2 N–H and O–H groups in total. The van der Waals surface area contributed by atoms with E-state index in [1.807, 2.05) is 0 Å². The van der Waals surface area contributed by atoms with Crippen LogP contribution >= 0.6 is 0 Å². The largest absolute Gasteiger partial charge is 0.393 e. The van der Waals surface area contributed by atoms with E-state index in [0.29, 0.717) is 5.92 Å². The van der Waals surface area contributed by atoms with Crippen molar-refractivity contribution in [1.82, 2.24) is 15.1 Å². The highest BCUT2D eigenvalue weighted by atomic mass is 16.3. The van der Waals surface area contributed by atoms with Crippen LogP contribution in [0.3, 0.4) is 0 Å². The van der Waals surface area contributed by atoms with Crippen LogP contribution in [0.25, 0.3) is 0 Å². The highest BCUT2D eigenvalue weighted by Crippen LogP contribution is 2.18. The number of piperidine rings is 1. The lowest BCUT2D eigenvalue weighted by Crippen LogP contribution is -2.41. The summed E-state index contributed by atoms with van der Waals surface area (Å²) in [6.07, 6.45) is 2.60. The minimum absolute atomic E-state index is 0.165. The maximum absolute atomic E-state index is 9.99. The number of hydrogen-bond donors (Lipinski definition) is 2. The number of aryl methyl sites for hydroxylation is 2. The molecule has 1 aliphatic rings. The maximum Gasteiger partial charge on any atom is 0.0624 e. The zero-order valence-corrected chi connectivity index (χ0v) is 10.8. The molecule has 2 atom stereocenters. The molecule has 0 saturated carbocycles. The Morgan fingerprint density at radius 2 is 2.35 bits per heavy atom. The van der Waals surface area contributed by atoms with Crippen LogP contribution in [0.1, 0.15) is 31.7 Å². The van der Waals surface area contributed by atoms with Gasteiger partial charge < -0.3 is 10.4 Å². The Morgan fingerprint density at radius 1 is 1.53 bits per heavy atom. The number of aromatic nitrogens is 2. The van der Waals surface area contributed by atoms with E-state index in [1.165, 1.54) is 5.69 Å². The first-order valence-electron chi connectivity index (χ1n) is 6.69. The minimum atomic E-state index is -0.165. The monoisotopic (exact) mass is 237 g/mol. The summed E-state index contributed by atoms with van der Waals surface area (Å²) in [5, 5.41) is 17.9. The van der Waals surface area contributed by atoms with Gasteiger partial charge in [-0.15, -0.1) is 0 Å². The molecular weight excluding hydrogens is 214 g/mol. The zero-order chi connectivity index (χ0) is 12.3. The fourth-order valence-electron chi connectivity index (χ4n) is 2.51. The standard InChI is InChI=1S/C13H23N3O/c1-3-11-8-12(16(4-2)15-11)7-10-9-14-6-5-13(10)17/h8,10,13-14,17H,3-7,9H2,1-2H3. The third kappa shape index (κ3) is 2.87. The molecule has 4 nitrogen and oxygen atoms in total. The number of hydrogen-bond acceptors (Lipinski definition) is 3. The van der Waals surface area contributed by atoms with Crippen molar-refractivity contribution >= 4 is 0 Å². The molecule has 17 heavy (non-hydrogen) atoms. The molecule has 4 heteroatoms. The highest BCUT2D eigenvalue weighted by Gasteiger charge is 2.24. The summed E-state index contributed by atoms with van der Waals surface area (Å²) in [6.45, 7) is 7.00. The van der Waals surface area contributed by atoms with Gasteiger partial charge in [0, 0.05) is 24.7 Å². The third-order valence-corrected chi connectivity index (χ3v) is 3.61. The van der Waals surface area contributed by atoms with Gasteiger partial charge in [0.05, 0.1) is 11.8 Å². The van der Waals surface area contributed by atoms with E-state index in [9.17, 15) is 5.11 Å². The lowest BCUT2D eigenvalue weighted by atomic mass is 9.91. The summed E-state index contributed by atoms with van der Waals surface area (Å²) in [7, 11) is 0. The van der Waals surface area contributed by atoms with Gasteiger partial charge in [-0.2, -0.15) is 5.10 Å². The second kappa shape index (κ2) is 5.65. The van der Waals surface area contributed by atoms with Crippen LogP contribution in [0.5, 0.6) is 0 Å². The van der Waals surface area contributed by atoms with Crippen molar-refractivity contribution in [2.24, 2.45) is 5.92 Å². The molecule has 1 fully saturated rings. The number of rotatable bonds is 4. The predicted molar refractivity (Wildman–Crippen MR) is 68.0 cm³/mol.